The SMILES string of the molecule is Cc1c(Cl)ccc2c1N=C/C2=C\c1[nH]c(=O)n(C(C=O)c2ccc(Cl)cc2)c1O. The van der Waals surface area contributed by atoms with Crippen molar-refractivity contribution >= 4 is 53.0 Å². The molecule has 6 nitrogen and oxygen atoms in total. The zero-order valence-corrected chi connectivity index (χ0v) is 16.7. The van der Waals surface area contributed by atoms with Crippen molar-refractivity contribution in [2.24, 2.45) is 4.99 Å². The Labute approximate surface area is 175 Å². The third kappa shape index (κ3) is 3.30. The van der Waals surface area contributed by atoms with Crippen LogP contribution in [0.5, 0.6) is 5.88 Å². The molecule has 2 heterocycles. The molecule has 0 fully saturated rings. The molecule has 29 heavy (non-hydrogen) atoms. The predicted octanol–water partition coefficient (Wildman–Crippen LogP) is 4.54. The van der Waals surface area contributed by atoms with Crippen LogP contribution in [0.1, 0.15) is 28.4 Å². The number of aromatic nitrogens is 2. The summed E-state index contributed by atoms with van der Waals surface area (Å²) in [6, 6.07) is 9.10. The molecule has 0 saturated heterocycles. The maximum Gasteiger partial charge on any atom is 0.329 e. The van der Waals surface area contributed by atoms with Crippen LogP contribution in [0.4, 0.5) is 5.69 Å². The first-order valence-electron chi connectivity index (χ1n) is 8.70. The number of aliphatic imine (C=N–C) groups is 1. The van der Waals surface area contributed by atoms with Crippen molar-refractivity contribution in [3.8, 4) is 5.88 Å². The van der Waals surface area contributed by atoms with E-state index in [4.69, 9.17) is 23.2 Å². The minimum atomic E-state index is -0.992. The molecule has 2 N–H and O–H groups in total. The van der Waals surface area contributed by atoms with Crippen LogP contribution < -0.4 is 5.69 Å². The Bertz CT molecular complexity index is 1240. The van der Waals surface area contributed by atoms with Gasteiger partial charge in [-0.25, -0.2) is 9.36 Å². The van der Waals surface area contributed by atoms with Crippen LogP contribution >= 0.6 is 23.2 Å². The molecular formula is C21H15Cl2N3O3. The summed E-state index contributed by atoms with van der Waals surface area (Å²) in [5.74, 6) is -0.345. The largest absolute Gasteiger partial charge is 0.493 e. The van der Waals surface area contributed by atoms with Crippen molar-refractivity contribution in [1.82, 2.24) is 9.55 Å². The lowest BCUT2D eigenvalue weighted by Crippen LogP contribution is -2.23. The fourth-order valence-corrected chi connectivity index (χ4v) is 3.59. The summed E-state index contributed by atoms with van der Waals surface area (Å²) in [6.45, 7) is 1.87. The number of H-pyrrole nitrogens is 1. The van der Waals surface area contributed by atoms with E-state index >= 15 is 0 Å². The van der Waals surface area contributed by atoms with Gasteiger partial charge in [0.25, 0.3) is 0 Å². The number of carbonyl (C=O) groups excluding carboxylic acids is 1. The summed E-state index contributed by atoms with van der Waals surface area (Å²) in [6.07, 6.45) is 3.84. The molecule has 0 bridgehead atoms. The van der Waals surface area contributed by atoms with Crippen LogP contribution in [0.2, 0.25) is 10.0 Å². The fraction of sp³-hybridized carbons (Fsp3) is 0.0952. The van der Waals surface area contributed by atoms with Gasteiger partial charge in [-0.2, -0.15) is 0 Å². The first-order chi connectivity index (χ1) is 13.9. The van der Waals surface area contributed by atoms with Crippen molar-refractivity contribution in [1.29, 1.82) is 0 Å². The third-order valence-electron chi connectivity index (χ3n) is 4.86. The lowest BCUT2D eigenvalue weighted by Gasteiger charge is -2.12. The van der Waals surface area contributed by atoms with Gasteiger partial charge in [0.2, 0.25) is 5.88 Å². The van der Waals surface area contributed by atoms with E-state index in [1.807, 2.05) is 13.0 Å². The minimum absolute atomic E-state index is 0.178. The zero-order chi connectivity index (χ0) is 20.7. The summed E-state index contributed by atoms with van der Waals surface area (Å²) in [5, 5.41) is 11.8. The molecule has 0 spiro atoms. The van der Waals surface area contributed by atoms with E-state index in [1.54, 1.807) is 42.6 Å². The highest BCUT2D eigenvalue weighted by Gasteiger charge is 2.23. The fourth-order valence-electron chi connectivity index (χ4n) is 3.31. The second-order valence-corrected chi connectivity index (χ2v) is 7.44. The van der Waals surface area contributed by atoms with Gasteiger partial charge in [-0.1, -0.05) is 41.4 Å². The Balaban J connectivity index is 1.78. The molecule has 1 aliphatic rings. The van der Waals surface area contributed by atoms with Crippen LogP contribution in [-0.2, 0) is 4.79 Å². The molecule has 2 aromatic carbocycles. The van der Waals surface area contributed by atoms with Gasteiger partial charge < -0.3 is 14.9 Å². The van der Waals surface area contributed by atoms with E-state index in [1.165, 1.54) is 0 Å². The predicted molar refractivity (Wildman–Crippen MR) is 115 cm³/mol. The smallest absolute Gasteiger partial charge is 0.329 e. The van der Waals surface area contributed by atoms with Crippen LogP contribution in [0.15, 0.2) is 46.2 Å². The summed E-state index contributed by atoms with van der Waals surface area (Å²) >= 11 is 12.0. The van der Waals surface area contributed by atoms with Gasteiger partial charge in [-0.05, 0) is 42.3 Å². The highest BCUT2D eigenvalue weighted by molar-refractivity contribution is 6.32. The number of halogens is 2. The molecule has 1 atom stereocenters. The number of hydrogen-bond acceptors (Lipinski definition) is 4. The number of aldehydes is 1. The lowest BCUT2D eigenvalue weighted by molar-refractivity contribution is -0.109. The van der Waals surface area contributed by atoms with Gasteiger partial charge in [-0.15, -0.1) is 0 Å². The van der Waals surface area contributed by atoms with Crippen molar-refractivity contribution in [3.63, 3.8) is 0 Å². The number of nitrogens with zero attached hydrogens (tertiary/aromatic N) is 2. The molecular weight excluding hydrogens is 413 g/mol. The zero-order valence-electron chi connectivity index (χ0n) is 15.2. The molecule has 0 radical (unpaired) electrons. The minimum Gasteiger partial charge on any atom is -0.493 e. The summed E-state index contributed by atoms with van der Waals surface area (Å²) in [4.78, 5) is 31.2. The molecule has 8 heteroatoms. The second kappa shape index (κ2) is 7.39. The number of fused-ring (bicyclic) bond motifs is 1. The van der Waals surface area contributed by atoms with E-state index < -0.39 is 11.7 Å². The maximum absolute atomic E-state index is 12.5. The molecule has 0 aliphatic carbocycles. The Morgan fingerprint density at radius 3 is 2.59 bits per heavy atom. The van der Waals surface area contributed by atoms with Crippen LogP contribution in [0.25, 0.3) is 11.6 Å². The highest BCUT2D eigenvalue weighted by atomic mass is 35.5. The molecule has 0 saturated carbocycles. The molecule has 1 aromatic heterocycles. The van der Waals surface area contributed by atoms with Crippen molar-refractivity contribution < 1.29 is 9.90 Å². The van der Waals surface area contributed by atoms with Crippen molar-refractivity contribution in [2.45, 2.75) is 13.0 Å². The highest BCUT2D eigenvalue weighted by Crippen LogP contribution is 2.39. The third-order valence-corrected chi connectivity index (χ3v) is 5.52. The van der Waals surface area contributed by atoms with E-state index in [9.17, 15) is 14.7 Å². The van der Waals surface area contributed by atoms with Crippen LogP contribution in [0, 0.1) is 6.92 Å². The van der Waals surface area contributed by atoms with Crippen molar-refractivity contribution in [2.75, 3.05) is 0 Å². The Hall–Kier alpha value is -3.09. The quantitative estimate of drug-likeness (QED) is 0.598. The molecule has 146 valence electrons. The number of aromatic amines is 1. The number of hydrogen-bond donors (Lipinski definition) is 2. The number of carbonyl (C=O) groups is 1. The summed E-state index contributed by atoms with van der Waals surface area (Å²) in [5.41, 5.74) is 3.24. The Kier molecular flexibility index (Phi) is 4.90. The average Bonchev–Trinajstić information content (AvgIpc) is 3.23. The Morgan fingerprint density at radius 2 is 1.90 bits per heavy atom. The Morgan fingerprint density at radius 1 is 1.17 bits per heavy atom. The number of nitrogens with one attached hydrogen (secondary N) is 1. The first-order valence-corrected chi connectivity index (χ1v) is 9.45. The maximum atomic E-state index is 12.5. The van der Waals surface area contributed by atoms with Gasteiger partial charge in [0.05, 0.1) is 5.69 Å². The summed E-state index contributed by atoms with van der Waals surface area (Å²) < 4.78 is 1.00. The number of rotatable bonds is 4. The second-order valence-electron chi connectivity index (χ2n) is 6.60. The number of allylic oxidation sites excluding steroid dienone is 1. The molecule has 1 unspecified atom stereocenters. The monoisotopic (exact) mass is 427 g/mol. The van der Waals surface area contributed by atoms with Gasteiger partial charge in [0, 0.05) is 27.4 Å². The van der Waals surface area contributed by atoms with E-state index in [-0.39, 0.29) is 11.6 Å². The van der Waals surface area contributed by atoms with Crippen LogP contribution in [-0.4, -0.2) is 27.2 Å². The average molecular weight is 428 g/mol. The number of imidazole rings is 1. The number of aromatic hydroxyl groups is 1. The topological polar surface area (TPSA) is 87.5 Å². The van der Waals surface area contributed by atoms with E-state index in [0.29, 0.717) is 27.5 Å². The van der Waals surface area contributed by atoms with Gasteiger partial charge in [-0.3, -0.25) is 4.99 Å². The standard InChI is InChI=1S/C21H15Cl2N3O3/c1-11-16(23)7-6-15-13(9-24-19(11)15)8-17-20(28)26(21(29)25-17)18(10-27)12-2-4-14(22)5-3-12/h2-10,18,28H,1H3,(H,25,29)/b13-8+. The lowest BCUT2D eigenvalue weighted by atomic mass is 10.0. The first kappa shape index (κ1) is 19.2. The molecule has 1 aliphatic heterocycles. The molecule has 0 amide bonds. The normalized spacial score (nSPS) is 14.9. The van der Waals surface area contributed by atoms with Crippen LogP contribution in [0.3, 0.4) is 0 Å². The van der Waals surface area contributed by atoms with Gasteiger partial charge in [0.1, 0.15) is 18.0 Å². The summed E-state index contributed by atoms with van der Waals surface area (Å²) in [7, 11) is 0. The van der Waals surface area contributed by atoms with Gasteiger partial charge in [0.15, 0.2) is 0 Å². The van der Waals surface area contributed by atoms with Crippen molar-refractivity contribution in [3.05, 3.63) is 79.3 Å². The van der Waals surface area contributed by atoms with Gasteiger partial charge >= 0.3 is 5.69 Å². The molecule has 3 aromatic rings. The van der Waals surface area contributed by atoms with E-state index in [2.05, 4.69) is 9.98 Å². The number of benzene rings is 2. The van der Waals surface area contributed by atoms with E-state index in [0.717, 1.165) is 21.4 Å². The molecule has 4 rings (SSSR count).